The van der Waals surface area contributed by atoms with Gasteiger partial charge in [0.05, 0.1) is 12.8 Å². The van der Waals surface area contributed by atoms with Gasteiger partial charge in [0.2, 0.25) is 0 Å². The fraction of sp³-hybridized carbons (Fsp3) is 0.389. The number of ether oxygens (including phenoxy) is 1. The Bertz CT molecular complexity index is 745. The summed E-state index contributed by atoms with van der Waals surface area (Å²) in [5.41, 5.74) is 2.17. The number of anilines is 1. The highest BCUT2D eigenvalue weighted by atomic mass is 19.3. The number of rotatable bonds is 8. The summed E-state index contributed by atoms with van der Waals surface area (Å²) in [6.45, 7) is 1.91. The van der Waals surface area contributed by atoms with Crippen LogP contribution in [0.4, 0.5) is 14.6 Å². The zero-order chi connectivity index (χ0) is 19.1. The van der Waals surface area contributed by atoms with Crippen molar-refractivity contribution >= 4 is 17.9 Å². The first kappa shape index (κ1) is 19.6. The first-order valence-corrected chi connectivity index (χ1v) is 8.13. The number of carbonyl (C=O) groups is 1. The monoisotopic (exact) mass is 364 g/mol. The van der Waals surface area contributed by atoms with E-state index in [0.717, 1.165) is 5.56 Å². The van der Waals surface area contributed by atoms with Crippen LogP contribution in [0.2, 0.25) is 0 Å². The summed E-state index contributed by atoms with van der Waals surface area (Å²) in [5, 5.41) is 2.99. The van der Waals surface area contributed by atoms with Crippen LogP contribution in [-0.2, 0) is 11.3 Å². The Labute approximate surface area is 151 Å². The van der Waals surface area contributed by atoms with Gasteiger partial charge in [-0.25, -0.2) is 13.8 Å². The van der Waals surface area contributed by atoms with Crippen molar-refractivity contribution < 1.29 is 18.3 Å². The molecule has 1 amide bonds. The van der Waals surface area contributed by atoms with Crippen molar-refractivity contribution in [2.75, 3.05) is 32.6 Å². The molecule has 26 heavy (non-hydrogen) atoms. The van der Waals surface area contributed by atoms with Crippen molar-refractivity contribution in [1.29, 1.82) is 0 Å². The van der Waals surface area contributed by atoms with Crippen LogP contribution in [0.25, 0.3) is 0 Å². The molecule has 1 aliphatic rings. The van der Waals surface area contributed by atoms with E-state index in [9.17, 15) is 13.6 Å². The molecule has 0 spiro atoms. The van der Waals surface area contributed by atoms with Crippen molar-refractivity contribution in [2.45, 2.75) is 19.9 Å². The lowest BCUT2D eigenvalue weighted by molar-refractivity contribution is 0.0544. The van der Waals surface area contributed by atoms with Gasteiger partial charge in [-0.2, -0.15) is 0 Å². The molecule has 8 heteroatoms. The van der Waals surface area contributed by atoms with Gasteiger partial charge in [-0.1, -0.05) is 12.2 Å². The van der Waals surface area contributed by atoms with Gasteiger partial charge in [0.1, 0.15) is 18.2 Å². The minimum absolute atomic E-state index is 0.0607. The smallest absolute Gasteiger partial charge is 0.272 e. The van der Waals surface area contributed by atoms with Crippen LogP contribution in [0.1, 0.15) is 22.8 Å². The molecular formula is C18H22F2N4O2. The van der Waals surface area contributed by atoms with Gasteiger partial charge in [0.25, 0.3) is 12.3 Å². The van der Waals surface area contributed by atoms with Gasteiger partial charge in [-0.15, -0.1) is 0 Å². The predicted molar refractivity (Wildman–Crippen MR) is 96.7 cm³/mol. The number of fused-ring (bicyclic) bond motifs is 1. The SMILES string of the molecule is CN=C/C(OCC(F)F)=C(C)\C=C\CN1Cc2c(ccnc2NC)C1=O. The molecule has 0 unspecified atom stereocenters. The fourth-order valence-electron chi connectivity index (χ4n) is 2.61. The second kappa shape index (κ2) is 9.07. The summed E-state index contributed by atoms with van der Waals surface area (Å²) in [7, 11) is 3.30. The van der Waals surface area contributed by atoms with E-state index in [0.29, 0.717) is 30.0 Å². The lowest BCUT2D eigenvalue weighted by Gasteiger charge is -2.13. The van der Waals surface area contributed by atoms with Crippen LogP contribution in [0.3, 0.4) is 0 Å². The van der Waals surface area contributed by atoms with Crippen LogP contribution >= 0.6 is 0 Å². The predicted octanol–water partition coefficient (Wildman–Crippen LogP) is 2.89. The maximum atomic E-state index is 12.4. The van der Waals surface area contributed by atoms with E-state index in [1.807, 2.05) is 0 Å². The molecule has 0 saturated heterocycles. The van der Waals surface area contributed by atoms with Crippen molar-refractivity contribution in [3.8, 4) is 0 Å². The molecule has 140 valence electrons. The van der Waals surface area contributed by atoms with Gasteiger partial charge >= 0.3 is 0 Å². The number of amides is 1. The van der Waals surface area contributed by atoms with E-state index < -0.39 is 13.0 Å². The molecule has 6 nitrogen and oxygen atoms in total. The van der Waals surface area contributed by atoms with Crippen LogP contribution in [0.5, 0.6) is 0 Å². The Morgan fingerprint density at radius 2 is 2.31 bits per heavy atom. The quantitative estimate of drug-likeness (QED) is 0.438. The van der Waals surface area contributed by atoms with E-state index in [1.54, 1.807) is 43.3 Å². The molecule has 1 aliphatic heterocycles. The van der Waals surface area contributed by atoms with Crippen molar-refractivity contribution in [3.63, 3.8) is 0 Å². The van der Waals surface area contributed by atoms with Crippen molar-refractivity contribution in [2.24, 2.45) is 4.99 Å². The summed E-state index contributed by atoms with van der Waals surface area (Å²) in [5.74, 6) is 0.913. The molecule has 1 aromatic rings. The number of halogens is 2. The second-order valence-electron chi connectivity index (χ2n) is 5.66. The number of aromatic nitrogens is 1. The number of allylic oxidation sites excluding steroid dienone is 3. The van der Waals surface area contributed by atoms with Crippen LogP contribution in [-0.4, -0.2) is 55.7 Å². The van der Waals surface area contributed by atoms with Crippen molar-refractivity contribution in [1.82, 2.24) is 9.88 Å². The third kappa shape index (κ3) is 4.65. The number of pyridine rings is 1. The van der Waals surface area contributed by atoms with Gasteiger partial charge in [0.15, 0.2) is 0 Å². The number of aliphatic imine (C=N–C) groups is 1. The molecule has 0 bridgehead atoms. The second-order valence-corrected chi connectivity index (χ2v) is 5.66. The number of hydrogen-bond acceptors (Lipinski definition) is 5. The average Bonchev–Trinajstić information content (AvgIpc) is 2.94. The molecule has 0 aromatic carbocycles. The van der Waals surface area contributed by atoms with Crippen molar-refractivity contribution in [3.05, 3.63) is 46.9 Å². The molecule has 2 rings (SSSR count). The van der Waals surface area contributed by atoms with Gasteiger partial charge in [-0.3, -0.25) is 9.79 Å². The van der Waals surface area contributed by atoms with E-state index in [-0.39, 0.29) is 11.7 Å². The Kier molecular flexibility index (Phi) is 6.82. The minimum atomic E-state index is -2.55. The zero-order valence-electron chi connectivity index (χ0n) is 15.0. The third-order valence-corrected chi connectivity index (χ3v) is 3.85. The summed E-state index contributed by atoms with van der Waals surface area (Å²) in [6, 6.07) is 1.71. The summed E-state index contributed by atoms with van der Waals surface area (Å²) in [6.07, 6.45) is 3.97. The zero-order valence-corrected chi connectivity index (χ0v) is 15.0. The molecule has 0 radical (unpaired) electrons. The summed E-state index contributed by atoms with van der Waals surface area (Å²) < 4.78 is 29.7. The fourth-order valence-corrected chi connectivity index (χ4v) is 2.61. The van der Waals surface area contributed by atoms with Crippen LogP contribution in [0, 0.1) is 0 Å². The van der Waals surface area contributed by atoms with Crippen LogP contribution in [0.15, 0.2) is 40.7 Å². The van der Waals surface area contributed by atoms with E-state index >= 15 is 0 Å². The number of nitrogens with one attached hydrogen (secondary N) is 1. The van der Waals surface area contributed by atoms with E-state index in [4.69, 9.17) is 4.74 Å². The maximum absolute atomic E-state index is 12.4. The first-order chi connectivity index (χ1) is 12.5. The van der Waals surface area contributed by atoms with Gasteiger partial charge < -0.3 is 15.0 Å². The average molecular weight is 364 g/mol. The lowest BCUT2D eigenvalue weighted by atomic mass is 10.1. The number of alkyl halides is 2. The molecular weight excluding hydrogens is 342 g/mol. The molecule has 0 saturated carbocycles. The first-order valence-electron chi connectivity index (χ1n) is 8.13. The summed E-state index contributed by atoms with van der Waals surface area (Å²) >= 11 is 0. The highest BCUT2D eigenvalue weighted by Crippen LogP contribution is 2.27. The van der Waals surface area contributed by atoms with Gasteiger partial charge in [-0.05, 0) is 18.6 Å². The molecule has 0 fully saturated rings. The van der Waals surface area contributed by atoms with E-state index in [2.05, 4.69) is 15.3 Å². The molecule has 2 heterocycles. The Morgan fingerprint density at radius 3 is 2.96 bits per heavy atom. The third-order valence-electron chi connectivity index (χ3n) is 3.85. The Hall–Kier alpha value is -2.77. The number of carbonyl (C=O) groups excluding carboxylic acids is 1. The highest BCUT2D eigenvalue weighted by Gasteiger charge is 2.28. The summed E-state index contributed by atoms with van der Waals surface area (Å²) in [4.78, 5) is 22.2. The van der Waals surface area contributed by atoms with Gasteiger partial charge in [0, 0.05) is 38.0 Å². The maximum Gasteiger partial charge on any atom is 0.272 e. The van der Waals surface area contributed by atoms with E-state index in [1.165, 1.54) is 13.3 Å². The highest BCUT2D eigenvalue weighted by molar-refractivity contribution is 5.99. The molecule has 0 aliphatic carbocycles. The molecule has 0 atom stereocenters. The molecule has 1 aromatic heterocycles. The minimum Gasteiger partial charge on any atom is -0.486 e. The normalized spacial score (nSPS) is 15.2. The Balaban J connectivity index is 2.06. The number of nitrogens with zero attached hydrogens (tertiary/aromatic N) is 3. The number of hydrogen-bond donors (Lipinski definition) is 1. The molecule has 1 N–H and O–H groups in total. The standard InChI is InChI=1S/C18H22F2N4O2/c1-12(15(9-21-2)26-11-16(19)20)5-4-8-24-10-14-13(18(24)25)6-7-23-17(14)22-3/h4-7,9,16H,8,10-11H2,1-3H3,(H,22,23)/b5-4+,15-12+,21-9?. The largest absolute Gasteiger partial charge is 0.486 e. The van der Waals surface area contributed by atoms with Crippen LogP contribution < -0.4 is 5.32 Å². The Morgan fingerprint density at radius 1 is 1.54 bits per heavy atom. The topological polar surface area (TPSA) is 66.8 Å². The lowest BCUT2D eigenvalue weighted by Crippen LogP contribution is -2.23.